The van der Waals surface area contributed by atoms with Crippen molar-refractivity contribution in [3.05, 3.63) is 50.9 Å². The van der Waals surface area contributed by atoms with Crippen molar-refractivity contribution in [3.63, 3.8) is 0 Å². The molecule has 0 bridgehead atoms. The van der Waals surface area contributed by atoms with Crippen LogP contribution < -0.4 is 5.63 Å². The van der Waals surface area contributed by atoms with Gasteiger partial charge < -0.3 is 4.42 Å². The summed E-state index contributed by atoms with van der Waals surface area (Å²) < 4.78 is 4.79. The molecule has 1 aromatic carbocycles. The molecule has 0 aliphatic carbocycles. The third-order valence-electron chi connectivity index (χ3n) is 1.84. The lowest BCUT2D eigenvalue weighted by molar-refractivity contribution is -0.383. The third kappa shape index (κ3) is 1.24. The Balaban J connectivity index is 2.88. The van der Waals surface area contributed by atoms with Crippen molar-refractivity contribution < 1.29 is 9.34 Å². The van der Waals surface area contributed by atoms with Crippen LogP contribution in [0.4, 0.5) is 5.69 Å². The highest BCUT2D eigenvalue weighted by molar-refractivity contribution is 5.85. The van der Waals surface area contributed by atoms with Crippen LogP contribution in [0, 0.1) is 10.1 Å². The summed E-state index contributed by atoms with van der Waals surface area (Å²) >= 11 is 0. The van der Waals surface area contributed by atoms with Gasteiger partial charge in [0.15, 0.2) is 0 Å². The van der Waals surface area contributed by atoms with E-state index in [-0.39, 0.29) is 11.3 Å². The smallest absolute Gasteiger partial charge is 0.336 e. The third-order valence-corrected chi connectivity index (χ3v) is 1.84. The normalized spacial score (nSPS) is 10.3. The lowest BCUT2D eigenvalue weighted by Gasteiger charge is -1.96. The molecule has 70 valence electrons. The zero-order valence-corrected chi connectivity index (χ0v) is 6.97. The molecule has 0 N–H and O–H groups in total. The van der Waals surface area contributed by atoms with Crippen LogP contribution in [0.2, 0.25) is 0 Å². The molecule has 5 heteroatoms. The molecule has 0 spiro atoms. The zero-order valence-electron chi connectivity index (χ0n) is 6.97. The number of hydrogen-bond donors (Lipinski definition) is 0. The SMILES string of the molecule is O=c1ccc2c([N+](=O)[O-])cccc2o1. The van der Waals surface area contributed by atoms with Crippen molar-refractivity contribution in [1.29, 1.82) is 0 Å². The predicted octanol–water partition coefficient (Wildman–Crippen LogP) is 1.70. The average Bonchev–Trinajstić information content (AvgIpc) is 2.16. The molecule has 2 aromatic rings. The first-order chi connectivity index (χ1) is 6.68. The standard InChI is InChI=1S/C9H5NO4/c11-9-5-4-6-7(10(12)13)2-1-3-8(6)14-9/h1-5H. The Morgan fingerprint density at radius 2 is 2.00 bits per heavy atom. The fourth-order valence-electron chi connectivity index (χ4n) is 1.24. The Morgan fingerprint density at radius 1 is 1.21 bits per heavy atom. The maximum absolute atomic E-state index is 10.8. The first-order valence-corrected chi connectivity index (χ1v) is 3.86. The first kappa shape index (κ1) is 8.43. The number of nitro benzene ring substituents is 1. The summed E-state index contributed by atoms with van der Waals surface area (Å²) in [7, 11) is 0. The molecule has 0 aliphatic heterocycles. The summed E-state index contributed by atoms with van der Waals surface area (Å²) in [5.41, 5.74) is -0.351. The Hall–Kier alpha value is -2.17. The van der Waals surface area contributed by atoms with Crippen molar-refractivity contribution in [3.8, 4) is 0 Å². The first-order valence-electron chi connectivity index (χ1n) is 3.86. The van der Waals surface area contributed by atoms with E-state index >= 15 is 0 Å². The number of fused-ring (bicyclic) bond motifs is 1. The number of rotatable bonds is 1. The van der Waals surface area contributed by atoms with Gasteiger partial charge in [0.1, 0.15) is 5.58 Å². The van der Waals surface area contributed by atoms with Crippen molar-refractivity contribution in [2.24, 2.45) is 0 Å². The minimum Gasteiger partial charge on any atom is -0.422 e. The van der Waals surface area contributed by atoms with Gasteiger partial charge in [-0.2, -0.15) is 0 Å². The number of nitro groups is 1. The van der Waals surface area contributed by atoms with Crippen LogP contribution in [0.15, 0.2) is 39.5 Å². The highest BCUT2D eigenvalue weighted by Crippen LogP contribution is 2.23. The Kier molecular flexibility index (Phi) is 1.78. The van der Waals surface area contributed by atoms with E-state index in [0.29, 0.717) is 5.39 Å². The fraction of sp³-hybridized carbons (Fsp3) is 0. The highest BCUT2D eigenvalue weighted by atomic mass is 16.6. The van der Waals surface area contributed by atoms with Gasteiger partial charge in [-0.15, -0.1) is 0 Å². The van der Waals surface area contributed by atoms with Gasteiger partial charge in [-0.3, -0.25) is 10.1 Å². The molecule has 0 radical (unpaired) electrons. The van der Waals surface area contributed by atoms with E-state index in [1.54, 1.807) is 0 Å². The molecular formula is C9H5NO4. The molecule has 1 aromatic heterocycles. The van der Waals surface area contributed by atoms with Gasteiger partial charge in [-0.25, -0.2) is 4.79 Å². The fourth-order valence-corrected chi connectivity index (χ4v) is 1.24. The summed E-state index contributed by atoms with van der Waals surface area (Å²) in [6, 6.07) is 6.91. The molecule has 1 heterocycles. The van der Waals surface area contributed by atoms with Crippen LogP contribution in [0.25, 0.3) is 11.0 Å². The minimum absolute atomic E-state index is 0.0637. The quantitative estimate of drug-likeness (QED) is 0.390. The molecule has 0 aliphatic rings. The van der Waals surface area contributed by atoms with E-state index < -0.39 is 10.5 Å². The predicted molar refractivity (Wildman–Crippen MR) is 49.1 cm³/mol. The van der Waals surface area contributed by atoms with E-state index in [1.165, 1.54) is 24.3 Å². The highest BCUT2D eigenvalue weighted by Gasteiger charge is 2.11. The number of hydrogen-bond acceptors (Lipinski definition) is 4. The monoisotopic (exact) mass is 191 g/mol. The summed E-state index contributed by atoms with van der Waals surface area (Å²) in [5.74, 6) is 0. The minimum atomic E-state index is -0.516. The summed E-state index contributed by atoms with van der Waals surface area (Å²) in [6.07, 6.45) is 0. The van der Waals surface area contributed by atoms with Crippen LogP contribution in [-0.2, 0) is 0 Å². The zero-order chi connectivity index (χ0) is 10.1. The van der Waals surface area contributed by atoms with E-state index in [4.69, 9.17) is 4.42 Å². The number of non-ortho nitro benzene ring substituents is 1. The second kappa shape index (κ2) is 2.95. The number of benzene rings is 1. The summed E-state index contributed by atoms with van der Waals surface area (Å²) in [6.45, 7) is 0. The molecule has 0 unspecified atom stereocenters. The number of nitrogens with zero attached hydrogens (tertiary/aromatic N) is 1. The van der Waals surface area contributed by atoms with E-state index in [2.05, 4.69) is 0 Å². The average molecular weight is 191 g/mol. The van der Waals surface area contributed by atoms with Crippen molar-refractivity contribution in [2.75, 3.05) is 0 Å². The molecule has 0 fully saturated rings. The van der Waals surface area contributed by atoms with Gasteiger partial charge in [-0.1, -0.05) is 6.07 Å². The van der Waals surface area contributed by atoms with Gasteiger partial charge in [0, 0.05) is 12.1 Å². The molecular weight excluding hydrogens is 186 g/mol. The Bertz CT molecular complexity index is 558. The van der Waals surface area contributed by atoms with Gasteiger partial charge in [-0.05, 0) is 12.1 Å². The summed E-state index contributed by atoms with van der Waals surface area (Å²) in [5, 5.41) is 10.9. The van der Waals surface area contributed by atoms with Gasteiger partial charge in [0.05, 0.1) is 10.3 Å². The van der Waals surface area contributed by atoms with E-state index in [0.717, 1.165) is 6.07 Å². The van der Waals surface area contributed by atoms with Crippen molar-refractivity contribution >= 4 is 16.7 Å². The summed E-state index contributed by atoms with van der Waals surface area (Å²) in [4.78, 5) is 20.9. The molecule has 0 amide bonds. The molecule has 0 saturated heterocycles. The van der Waals surface area contributed by atoms with Crippen molar-refractivity contribution in [2.45, 2.75) is 0 Å². The van der Waals surface area contributed by atoms with E-state index in [9.17, 15) is 14.9 Å². The Labute approximate surface area is 77.7 Å². The molecule has 0 saturated carbocycles. The lowest BCUT2D eigenvalue weighted by Crippen LogP contribution is -1.96. The van der Waals surface area contributed by atoms with Gasteiger partial charge >= 0.3 is 5.63 Å². The molecule has 0 atom stereocenters. The second-order valence-corrected chi connectivity index (χ2v) is 2.70. The van der Waals surface area contributed by atoms with Crippen LogP contribution in [-0.4, -0.2) is 4.92 Å². The van der Waals surface area contributed by atoms with Crippen LogP contribution in [0.3, 0.4) is 0 Å². The maximum Gasteiger partial charge on any atom is 0.336 e. The van der Waals surface area contributed by atoms with Crippen LogP contribution in [0.5, 0.6) is 0 Å². The topological polar surface area (TPSA) is 73.3 Å². The largest absolute Gasteiger partial charge is 0.422 e. The second-order valence-electron chi connectivity index (χ2n) is 2.70. The van der Waals surface area contributed by atoms with Crippen molar-refractivity contribution in [1.82, 2.24) is 0 Å². The molecule has 14 heavy (non-hydrogen) atoms. The van der Waals surface area contributed by atoms with Crippen LogP contribution in [0.1, 0.15) is 0 Å². The van der Waals surface area contributed by atoms with Crippen LogP contribution >= 0.6 is 0 Å². The molecule has 2 rings (SSSR count). The Morgan fingerprint density at radius 3 is 2.71 bits per heavy atom. The lowest BCUT2D eigenvalue weighted by atomic mass is 10.2. The van der Waals surface area contributed by atoms with Gasteiger partial charge in [0.25, 0.3) is 5.69 Å². The molecule has 5 nitrogen and oxygen atoms in total. The van der Waals surface area contributed by atoms with E-state index in [1.807, 2.05) is 0 Å². The van der Waals surface area contributed by atoms with Gasteiger partial charge in [0.2, 0.25) is 0 Å². The maximum atomic E-state index is 10.8.